The van der Waals surface area contributed by atoms with Gasteiger partial charge in [-0.05, 0) is 18.2 Å². The van der Waals surface area contributed by atoms with Crippen molar-refractivity contribution >= 4 is 5.69 Å². The minimum Gasteiger partial charge on any atom is -0.493 e. The summed E-state index contributed by atoms with van der Waals surface area (Å²) in [5, 5.41) is 14.2. The normalized spacial score (nSPS) is 10.4. The second kappa shape index (κ2) is 6.76. The number of nitro benzene ring substituents is 1. The predicted molar refractivity (Wildman–Crippen MR) is 75.5 cm³/mol. The summed E-state index contributed by atoms with van der Waals surface area (Å²) in [6, 6.07) is 6.58. The molecule has 0 saturated carbocycles. The average molecular weight is 292 g/mol. The molecule has 1 aromatic heterocycles. The van der Waals surface area contributed by atoms with E-state index in [0.29, 0.717) is 30.2 Å². The standard InChI is InChI=1S/C14H16N2O5/c1-19-13-6-10(8-15-9-11-4-3-5-21-11)12(16(17)18)7-14(13)20-2/h3-7,15H,8-9H2,1-2H3. The summed E-state index contributed by atoms with van der Waals surface area (Å²) in [6.45, 7) is 0.801. The van der Waals surface area contributed by atoms with Gasteiger partial charge in [0.05, 0.1) is 38.0 Å². The number of nitrogens with zero attached hydrogens (tertiary/aromatic N) is 1. The van der Waals surface area contributed by atoms with E-state index in [0.717, 1.165) is 5.76 Å². The van der Waals surface area contributed by atoms with Gasteiger partial charge in [0.25, 0.3) is 5.69 Å². The van der Waals surface area contributed by atoms with Crippen molar-refractivity contribution in [1.29, 1.82) is 0 Å². The number of nitrogens with one attached hydrogen (secondary N) is 1. The number of rotatable bonds is 7. The molecule has 1 heterocycles. The molecule has 0 fully saturated rings. The Kier molecular flexibility index (Phi) is 4.78. The number of ether oxygens (including phenoxy) is 2. The summed E-state index contributed by atoms with van der Waals surface area (Å²) in [4.78, 5) is 10.7. The molecule has 21 heavy (non-hydrogen) atoms. The monoisotopic (exact) mass is 292 g/mol. The Balaban J connectivity index is 2.17. The average Bonchev–Trinajstić information content (AvgIpc) is 2.99. The first-order valence-electron chi connectivity index (χ1n) is 6.28. The first-order valence-corrected chi connectivity index (χ1v) is 6.28. The first-order chi connectivity index (χ1) is 10.2. The number of nitro groups is 1. The molecule has 2 aromatic rings. The van der Waals surface area contributed by atoms with Crippen LogP contribution >= 0.6 is 0 Å². The van der Waals surface area contributed by atoms with Crippen LogP contribution in [0.4, 0.5) is 5.69 Å². The molecule has 7 nitrogen and oxygen atoms in total. The Morgan fingerprint density at radius 3 is 2.52 bits per heavy atom. The molecule has 0 amide bonds. The highest BCUT2D eigenvalue weighted by molar-refractivity contribution is 5.54. The van der Waals surface area contributed by atoms with E-state index >= 15 is 0 Å². The molecule has 0 spiro atoms. The third-order valence-electron chi connectivity index (χ3n) is 2.98. The van der Waals surface area contributed by atoms with Crippen LogP contribution in [0, 0.1) is 10.1 Å². The summed E-state index contributed by atoms with van der Waals surface area (Å²) in [5.74, 6) is 1.55. The fraction of sp³-hybridized carbons (Fsp3) is 0.286. The Morgan fingerprint density at radius 2 is 1.95 bits per heavy atom. The fourth-order valence-electron chi connectivity index (χ4n) is 1.96. The Hall–Kier alpha value is -2.54. The lowest BCUT2D eigenvalue weighted by atomic mass is 10.1. The highest BCUT2D eigenvalue weighted by Crippen LogP contribution is 2.34. The summed E-state index contributed by atoms with van der Waals surface area (Å²) < 4.78 is 15.4. The van der Waals surface area contributed by atoms with Gasteiger partial charge in [0.1, 0.15) is 5.76 Å². The van der Waals surface area contributed by atoms with Crippen molar-refractivity contribution in [3.8, 4) is 11.5 Å². The van der Waals surface area contributed by atoms with Crippen LogP contribution in [0.1, 0.15) is 11.3 Å². The molecule has 1 N–H and O–H groups in total. The van der Waals surface area contributed by atoms with E-state index in [2.05, 4.69) is 5.32 Å². The first kappa shape index (κ1) is 14.9. The zero-order chi connectivity index (χ0) is 15.2. The number of hydrogen-bond acceptors (Lipinski definition) is 6. The maximum absolute atomic E-state index is 11.1. The third-order valence-corrected chi connectivity index (χ3v) is 2.98. The van der Waals surface area contributed by atoms with E-state index < -0.39 is 4.92 Å². The van der Waals surface area contributed by atoms with Crippen molar-refractivity contribution in [3.05, 3.63) is 52.0 Å². The van der Waals surface area contributed by atoms with Crippen molar-refractivity contribution in [2.24, 2.45) is 0 Å². The number of hydrogen-bond donors (Lipinski definition) is 1. The second-order valence-electron chi connectivity index (χ2n) is 4.28. The molecule has 7 heteroatoms. The van der Waals surface area contributed by atoms with Gasteiger partial charge in [0, 0.05) is 12.1 Å². The topological polar surface area (TPSA) is 86.8 Å². The fourth-order valence-corrected chi connectivity index (χ4v) is 1.96. The number of furan rings is 1. The molecule has 0 bridgehead atoms. The molecule has 1 aromatic carbocycles. The van der Waals surface area contributed by atoms with Crippen LogP contribution in [0.3, 0.4) is 0 Å². The van der Waals surface area contributed by atoms with Crippen LogP contribution in [0.2, 0.25) is 0 Å². The molecule has 0 aliphatic heterocycles. The van der Waals surface area contributed by atoms with Crippen LogP contribution in [-0.4, -0.2) is 19.1 Å². The molecule has 0 radical (unpaired) electrons. The summed E-state index contributed by atoms with van der Waals surface area (Å²) in [5.41, 5.74) is 0.504. The van der Waals surface area contributed by atoms with Crippen LogP contribution in [-0.2, 0) is 13.1 Å². The Labute approximate surface area is 121 Å². The Bertz CT molecular complexity index is 610. The highest BCUT2D eigenvalue weighted by atomic mass is 16.6. The van der Waals surface area contributed by atoms with Crippen molar-refractivity contribution in [2.45, 2.75) is 13.1 Å². The smallest absolute Gasteiger partial charge is 0.277 e. The number of methoxy groups -OCH3 is 2. The second-order valence-corrected chi connectivity index (χ2v) is 4.28. The van der Waals surface area contributed by atoms with Gasteiger partial charge in [0.15, 0.2) is 11.5 Å². The molecule has 0 saturated heterocycles. The number of benzene rings is 1. The molecule has 0 aliphatic carbocycles. The van der Waals surface area contributed by atoms with Crippen LogP contribution in [0.15, 0.2) is 34.9 Å². The SMILES string of the molecule is COc1cc(CNCc2ccco2)c([N+](=O)[O-])cc1OC. The summed E-state index contributed by atoms with van der Waals surface area (Å²) in [7, 11) is 2.93. The van der Waals surface area contributed by atoms with Gasteiger partial charge in [-0.3, -0.25) is 10.1 Å². The molecule has 2 rings (SSSR count). The lowest BCUT2D eigenvalue weighted by Gasteiger charge is -2.11. The maximum Gasteiger partial charge on any atom is 0.277 e. The van der Waals surface area contributed by atoms with Crippen molar-refractivity contribution < 1.29 is 18.8 Å². The molecule has 0 atom stereocenters. The van der Waals surface area contributed by atoms with Crippen molar-refractivity contribution in [1.82, 2.24) is 5.32 Å². The molecule has 112 valence electrons. The zero-order valence-electron chi connectivity index (χ0n) is 11.8. The van der Waals surface area contributed by atoms with Gasteiger partial charge in [-0.1, -0.05) is 0 Å². The molecular weight excluding hydrogens is 276 g/mol. The molecular formula is C14H16N2O5. The van der Waals surface area contributed by atoms with E-state index in [1.165, 1.54) is 20.3 Å². The van der Waals surface area contributed by atoms with E-state index in [1.54, 1.807) is 18.4 Å². The maximum atomic E-state index is 11.1. The minimum absolute atomic E-state index is 0.0143. The van der Waals surface area contributed by atoms with E-state index in [-0.39, 0.29) is 5.69 Å². The summed E-state index contributed by atoms with van der Waals surface area (Å²) >= 11 is 0. The predicted octanol–water partition coefficient (Wildman–Crippen LogP) is 2.49. The van der Waals surface area contributed by atoms with E-state index in [9.17, 15) is 10.1 Å². The Morgan fingerprint density at radius 1 is 1.24 bits per heavy atom. The highest BCUT2D eigenvalue weighted by Gasteiger charge is 2.19. The molecule has 0 aliphatic rings. The minimum atomic E-state index is -0.439. The lowest BCUT2D eigenvalue weighted by Crippen LogP contribution is -2.13. The van der Waals surface area contributed by atoms with Crippen LogP contribution in [0.25, 0.3) is 0 Å². The largest absolute Gasteiger partial charge is 0.493 e. The van der Waals surface area contributed by atoms with Crippen molar-refractivity contribution in [2.75, 3.05) is 14.2 Å². The quantitative estimate of drug-likeness (QED) is 0.623. The van der Waals surface area contributed by atoms with Gasteiger partial charge in [-0.15, -0.1) is 0 Å². The van der Waals surface area contributed by atoms with Gasteiger partial charge >= 0.3 is 0 Å². The third kappa shape index (κ3) is 3.51. The lowest BCUT2D eigenvalue weighted by molar-refractivity contribution is -0.385. The van der Waals surface area contributed by atoms with Crippen LogP contribution in [0.5, 0.6) is 11.5 Å². The van der Waals surface area contributed by atoms with E-state index in [4.69, 9.17) is 13.9 Å². The van der Waals surface area contributed by atoms with Gasteiger partial charge in [-0.25, -0.2) is 0 Å². The van der Waals surface area contributed by atoms with E-state index in [1.807, 2.05) is 6.07 Å². The van der Waals surface area contributed by atoms with Crippen LogP contribution < -0.4 is 14.8 Å². The van der Waals surface area contributed by atoms with Gasteiger partial charge in [-0.2, -0.15) is 0 Å². The molecule has 0 unspecified atom stereocenters. The van der Waals surface area contributed by atoms with Crippen molar-refractivity contribution in [3.63, 3.8) is 0 Å². The van der Waals surface area contributed by atoms with Gasteiger partial charge < -0.3 is 19.2 Å². The van der Waals surface area contributed by atoms with Gasteiger partial charge in [0.2, 0.25) is 0 Å². The summed E-state index contributed by atoms with van der Waals surface area (Å²) in [6.07, 6.45) is 1.58. The zero-order valence-corrected chi connectivity index (χ0v) is 11.8.